The summed E-state index contributed by atoms with van der Waals surface area (Å²) < 4.78 is 30.1. The maximum Gasteiger partial charge on any atom is 0.261 e. The van der Waals surface area contributed by atoms with E-state index >= 15 is 0 Å². The molecule has 8 nitrogen and oxygen atoms in total. The van der Waals surface area contributed by atoms with Crippen molar-refractivity contribution in [3.05, 3.63) is 90.6 Å². The van der Waals surface area contributed by atoms with Gasteiger partial charge in [-0.2, -0.15) is 0 Å². The fraction of sp³-hybridized carbons (Fsp3) is 0.323. The van der Waals surface area contributed by atoms with E-state index in [2.05, 4.69) is 46.0 Å². The van der Waals surface area contributed by atoms with Gasteiger partial charge in [0.15, 0.2) is 0 Å². The second kappa shape index (κ2) is 11.4. The van der Waals surface area contributed by atoms with Crippen LogP contribution in [0.25, 0.3) is 10.9 Å². The van der Waals surface area contributed by atoms with Crippen LogP contribution in [-0.2, 0) is 21.4 Å². The molecule has 40 heavy (non-hydrogen) atoms. The van der Waals surface area contributed by atoms with Gasteiger partial charge in [0, 0.05) is 53.0 Å². The van der Waals surface area contributed by atoms with Crippen molar-refractivity contribution in [3.8, 4) is 0 Å². The summed E-state index contributed by atoms with van der Waals surface area (Å²) in [5.41, 5.74) is 2.69. The van der Waals surface area contributed by atoms with Gasteiger partial charge in [0.1, 0.15) is 0 Å². The number of hydrogen-bond acceptors (Lipinski definition) is 5. The summed E-state index contributed by atoms with van der Waals surface area (Å²) in [5, 5.41) is 18.4. The monoisotopic (exact) mass is 560 g/mol. The van der Waals surface area contributed by atoms with E-state index in [1.807, 2.05) is 18.2 Å². The van der Waals surface area contributed by atoms with Gasteiger partial charge in [-0.15, -0.1) is 0 Å². The lowest BCUT2D eigenvalue weighted by atomic mass is 9.99. The van der Waals surface area contributed by atoms with Gasteiger partial charge in [0.05, 0.1) is 11.0 Å². The van der Waals surface area contributed by atoms with Gasteiger partial charge in [-0.3, -0.25) is 9.52 Å². The van der Waals surface area contributed by atoms with Crippen molar-refractivity contribution in [2.24, 2.45) is 5.92 Å². The number of aryl methyl sites for hydroxylation is 1. The first-order chi connectivity index (χ1) is 19.1. The number of anilines is 2. The number of carbonyl (C=O) groups is 1. The smallest absolute Gasteiger partial charge is 0.261 e. The standard InChI is InChI=1S/C31H36N4O4S/c1-31(2,16-18-35-17-15-23-19-25(13-14-28(23)35)33-30(37)22-11-12-22)32-21-29(36)24-7-6-8-26(20-24)34-40(38,39)27-9-4-3-5-10-27/h3-10,13-15,17,19-20,22,29,32,34,36H,11-12,16,18,21H2,1-2H3,(H,33,37). The van der Waals surface area contributed by atoms with Gasteiger partial charge in [-0.1, -0.05) is 30.3 Å². The van der Waals surface area contributed by atoms with Crippen LogP contribution in [0, 0.1) is 5.92 Å². The largest absolute Gasteiger partial charge is 0.387 e. The van der Waals surface area contributed by atoms with Crippen molar-refractivity contribution in [3.63, 3.8) is 0 Å². The Labute approximate surface area is 235 Å². The summed E-state index contributed by atoms with van der Waals surface area (Å²) in [5.74, 6) is 0.277. The number of hydrogen-bond donors (Lipinski definition) is 4. The van der Waals surface area contributed by atoms with Crippen molar-refractivity contribution in [1.82, 2.24) is 9.88 Å². The number of aliphatic hydroxyl groups excluding tert-OH is 1. The highest BCUT2D eigenvalue weighted by Crippen LogP contribution is 2.31. The molecular formula is C31H36N4O4S. The normalized spacial score (nSPS) is 14.7. The fourth-order valence-corrected chi connectivity index (χ4v) is 5.74. The summed E-state index contributed by atoms with van der Waals surface area (Å²) in [4.78, 5) is 12.3. The number of benzene rings is 3. The first-order valence-electron chi connectivity index (χ1n) is 13.6. The molecule has 1 aromatic heterocycles. The lowest BCUT2D eigenvalue weighted by Gasteiger charge is -2.28. The number of amides is 1. The van der Waals surface area contributed by atoms with Crippen LogP contribution in [0.5, 0.6) is 0 Å². The Morgan fingerprint density at radius 3 is 2.52 bits per heavy atom. The van der Waals surface area contributed by atoms with Gasteiger partial charge in [-0.25, -0.2) is 8.42 Å². The average molecular weight is 561 g/mol. The topological polar surface area (TPSA) is 112 Å². The molecule has 1 amide bonds. The lowest BCUT2D eigenvalue weighted by Crippen LogP contribution is -2.42. The summed E-state index contributed by atoms with van der Waals surface area (Å²) >= 11 is 0. The van der Waals surface area contributed by atoms with Gasteiger partial charge in [-0.05, 0) is 87.2 Å². The minimum absolute atomic E-state index is 0.106. The Kier molecular flexibility index (Phi) is 7.98. The van der Waals surface area contributed by atoms with Crippen molar-refractivity contribution < 1.29 is 18.3 Å². The molecule has 0 radical (unpaired) electrons. The number of β-amino-alcohol motifs (C(OH)–C–C–N with tert-alkyl or cyclic N) is 1. The molecule has 1 saturated carbocycles. The van der Waals surface area contributed by atoms with E-state index < -0.39 is 16.1 Å². The van der Waals surface area contributed by atoms with E-state index in [4.69, 9.17) is 0 Å². The third-order valence-corrected chi connectivity index (χ3v) is 8.71. The van der Waals surface area contributed by atoms with Crippen LogP contribution < -0.4 is 15.4 Å². The summed E-state index contributed by atoms with van der Waals surface area (Å²) in [6.07, 6.45) is 4.03. The Hall–Kier alpha value is -3.66. The molecule has 1 unspecified atom stereocenters. The number of carbonyl (C=O) groups excluding carboxylic acids is 1. The quantitative estimate of drug-likeness (QED) is 0.188. The van der Waals surface area contributed by atoms with E-state index in [-0.39, 0.29) is 22.3 Å². The second-order valence-electron chi connectivity index (χ2n) is 11.1. The van der Waals surface area contributed by atoms with E-state index in [1.165, 1.54) is 12.1 Å². The zero-order chi connectivity index (χ0) is 28.3. The molecule has 0 spiro atoms. The molecule has 5 rings (SSSR count). The van der Waals surface area contributed by atoms with E-state index in [9.17, 15) is 18.3 Å². The molecule has 0 saturated heterocycles. The molecule has 3 aromatic carbocycles. The Morgan fingerprint density at radius 2 is 1.77 bits per heavy atom. The number of nitrogens with zero attached hydrogens (tertiary/aromatic N) is 1. The predicted molar refractivity (Wildman–Crippen MR) is 159 cm³/mol. The SMILES string of the molecule is CC(C)(CCn1ccc2cc(NC(=O)C3CC3)ccc21)NCC(O)c1cccc(NS(=O)(=O)c2ccccc2)c1. The third-order valence-electron chi connectivity index (χ3n) is 7.32. The predicted octanol–water partition coefficient (Wildman–Crippen LogP) is 5.28. The first-order valence-corrected chi connectivity index (χ1v) is 15.1. The molecule has 4 N–H and O–H groups in total. The minimum Gasteiger partial charge on any atom is -0.387 e. The van der Waals surface area contributed by atoms with Gasteiger partial charge in [0.2, 0.25) is 5.91 Å². The summed E-state index contributed by atoms with van der Waals surface area (Å²) in [6, 6.07) is 23.1. The highest BCUT2D eigenvalue weighted by atomic mass is 32.2. The maximum absolute atomic E-state index is 12.7. The highest BCUT2D eigenvalue weighted by molar-refractivity contribution is 7.92. The Bertz CT molecular complexity index is 1590. The molecule has 1 aliphatic carbocycles. The molecule has 210 valence electrons. The van der Waals surface area contributed by atoms with Crippen LogP contribution in [0.4, 0.5) is 11.4 Å². The third kappa shape index (κ3) is 6.91. The van der Waals surface area contributed by atoms with Gasteiger partial charge < -0.3 is 20.3 Å². The van der Waals surface area contributed by atoms with Crippen LogP contribution in [-0.4, -0.2) is 36.1 Å². The van der Waals surface area contributed by atoms with Crippen molar-refractivity contribution >= 4 is 38.2 Å². The molecule has 1 heterocycles. The van der Waals surface area contributed by atoms with Gasteiger partial charge >= 0.3 is 0 Å². The first kappa shape index (κ1) is 27.9. The number of nitrogens with one attached hydrogen (secondary N) is 3. The molecule has 0 bridgehead atoms. The van der Waals surface area contributed by atoms with E-state index in [1.54, 1.807) is 42.5 Å². The molecule has 0 aliphatic heterocycles. The van der Waals surface area contributed by atoms with Crippen LogP contribution in [0.15, 0.2) is 90.0 Å². The maximum atomic E-state index is 12.7. The van der Waals surface area contributed by atoms with E-state index in [0.29, 0.717) is 17.8 Å². The molecule has 1 atom stereocenters. The Balaban J connectivity index is 1.15. The van der Waals surface area contributed by atoms with Crippen LogP contribution in [0.2, 0.25) is 0 Å². The number of sulfonamides is 1. The highest BCUT2D eigenvalue weighted by Gasteiger charge is 2.29. The van der Waals surface area contributed by atoms with Crippen molar-refractivity contribution in [2.75, 3.05) is 16.6 Å². The zero-order valence-electron chi connectivity index (χ0n) is 22.8. The number of rotatable bonds is 12. The van der Waals surface area contributed by atoms with Crippen molar-refractivity contribution in [2.45, 2.75) is 56.2 Å². The summed E-state index contributed by atoms with van der Waals surface area (Å²) in [7, 11) is -3.71. The fourth-order valence-electron chi connectivity index (χ4n) is 4.67. The molecular weight excluding hydrogens is 524 g/mol. The molecule has 4 aromatic rings. The van der Waals surface area contributed by atoms with Crippen LogP contribution >= 0.6 is 0 Å². The summed E-state index contributed by atoms with van der Waals surface area (Å²) in [6.45, 7) is 5.30. The van der Waals surface area contributed by atoms with Crippen LogP contribution in [0.3, 0.4) is 0 Å². The second-order valence-corrected chi connectivity index (χ2v) is 12.8. The zero-order valence-corrected chi connectivity index (χ0v) is 23.6. The van der Waals surface area contributed by atoms with E-state index in [0.717, 1.165) is 42.4 Å². The number of aliphatic hydroxyl groups is 1. The number of aromatic nitrogens is 1. The van der Waals surface area contributed by atoms with Gasteiger partial charge in [0.25, 0.3) is 10.0 Å². The lowest BCUT2D eigenvalue weighted by molar-refractivity contribution is -0.117. The Morgan fingerprint density at radius 1 is 1.00 bits per heavy atom. The molecule has 1 aliphatic rings. The molecule has 9 heteroatoms. The van der Waals surface area contributed by atoms with Crippen molar-refractivity contribution in [1.29, 1.82) is 0 Å². The average Bonchev–Trinajstić information content (AvgIpc) is 3.72. The number of fused-ring (bicyclic) bond motifs is 1. The molecule has 1 fully saturated rings. The minimum atomic E-state index is -3.71. The van der Waals surface area contributed by atoms with Crippen LogP contribution in [0.1, 0.15) is 44.8 Å².